The molecule has 1 N–H and O–H groups in total. The lowest BCUT2D eigenvalue weighted by atomic mass is 9.98. The number of hydrogen-bond acceptors (Lipinski definition) is 4. The third-order valence-corrected chi connectivity index (χ3v) is 4.62. The van der Waals surface area contributed by atoms with Crippen molar-refractivity contribution in [3.63, 3.8) is 0 Å². The first-order chi connectivity index (χ1) is 8.33. The molecule has 0 amide bonds. The van der Waals surface area contributed by atoms with Crippen molar-refractivity contribution in [1.82, 2.24) is 10.2 Å². The van der Waals surface area contributed by atoms with Gasteiger partial charge in [0.25, 0.3) is 0 Å². The van der Waals surface area contributed by atoms with Crippen LogP contribution < -0.4 is 5.32 Å². The molecule has 0 radical (unpaired) electrons. The molecule has 2 bridgehead atoms. The van der Waals surface area contributed by atoms with Crippen molar-refractivity contribution in [2.75, 3.05) is 33.4 Å². The summed E-state index contributed by atoms with van der Waals surface area (Å²) in [6.07, 6.45) is 5.66. The van der Waals surface area contributed by atoms with Crippen LogP contribution in [0.5, 0.6) is 0 Å². The van der Waals surface area contributed by atoms with Crippen molar-refractivity contribution in [2.24, 2.45) is 0 Å². The summed E-state index contributed by atoms with van der Waals surface area (Å²) in [4.78, 5) is 2.58. The van der Waals surface area contributed by atoms with Crippen molar-refractivity contribution in [3.8, 4) is 0 Å². The summed E-state index contributed by atoms with van der Waals surface area (Å²) >= 11 is 0. The van der Waals surface area contributed by atoms with Crippen molar-refractivity contribution in [3.05, 3.63) is 0 Å². The highest BCUT2D eigenvalue weighted by atomic mass is 16.6. The highest BCUT2D eigenvalue weighted by Crippen LogP contribution is 2.34. The van der Waals surface area contributed by atoms with Gasteiger partial charge in [-0.15, -0.1) is 0 Å². The minimum atomic E-state index is 0.265. The summed E-state index contributed by atoms with van der Waals surface area (Å²) in [6, 6.07) is 2.32. The van der Waals surface area contributed by atoms with E-state index in [4.69, 9.17) is 9.47 Å². The van der Waals surface area contributed by atoms with E-state index in [2.05, 4.69) is 17.3 Å². The lowest BCUT2D eigenvalue weighted by Crippen LogP contribution is -2.49. The zero-order valence-electron chi connectivity index (χ0n) is 10.7. The summed E-state index contributed by atoms with van der Waals surface area (Å²) in [5, 5.41) is 3.68. The average Bonchev–Trinajstić information content (AvgIpc) is 2.61. The van der Waals surface area contributed by atoms with E-state index in [1.165, 1.54) is 25.7 Å². The quantitative estimate of drug-likeness (QED) is 0.784. The van der Waals surface area contributed by atoms with Crippen LogP contribution in [-0.4, -0.2) is 62.5 Å². The third kappa shape index (κ3) is 2.65. The van der Waals surface area contributed by atoms with Crippen LogP contribution in [0.25, 0.3) is 0 Å². The molecule has 3 atom stereocenters. The second-order valence-electron chi connectivity index (χ2n) is 5.69. The highest BCUT2D eigenvalue weighted by Gasteiger charge is 2.38. The maximum Gasteiger partial charge on any atom is 0.0933 e. The van der Waals surface area contributed by atoms with E-state index in [9.17, 15) is 0 Å². The smallest absolute Gasteiger partial charge is 0.0933 e. The first kappa shape index (κ1) is 11.9. The Morgan fingerprint density at radius 3 is 2.59 bits per heavy atom. The molecule has 98 valence electrons. The fourth-order valence-electron chi connectivity index (χ4n) is 3.53. The van der Waals surface area contributed by atoms with Gasteiger partial charge in [-0.1, -0.05) is 0 Å². The van der Waals surface area contributed by atoms with E-state index in [0.717, 1.165) is 38.4 Å². The Morgan fingerprint density at radius 2 is 1.94 bits per heavy atom. The first-order valence-electron chi connectivity index (χ1n) is 6.97. The largest absolute Gasteiger partial charge is 0.376 e. The monoisotopic (exact) mass is 240 g/mol. The first-order valence-corrected chi connectivity index (χ1v) is 6.97. The van der Waals surface area contributed by atoms with Crippen LogP contribution in [0.3, 0.4) is 0 Å². The number of hydrogen-bond donors (Lipinski definition) is 1. The number of nitrogens with one attached hydrogen (secondary N) is 1. The van der Waals surface area contributed by atoms with Crippen molar-refractivity contribution in [2.45, 2.75) is 49.9 Å². The summed E-state index contributed by atoms with van der Waals surface area (Å²) in [5.74, 6) is 0. The predicted molar refractivity (Wildman–Crippen MR) is 66.2 cm³/mol. The molecule has 0 aromatic carbocycles. The molecule has 0 aliphatic carbocycles. The van der Waals surface area contributed by atoms with Gasteiger partial charge in [-0.3, -0.25) is 0 Å². The standard InChI is InChI=1S/C13H24N2O2/c1-15-11-2-3-12(15)7-10(6-11)14-8-13-9-16-4-5-17-13/h10-14H,2-9H2,1H3. The maximum absolute atomic E-state index is 5.66. The molecule has 3 aliphatic heterocycles. The molecule has 0 spiro atoms. The van der Waals surface area contributed by atoms with Gasteiger partial charge < -0.3 is 19.7 Å². The molecule has 4 nitrogen and oxygen atoms in total. The summed E-state index contributed by atoms with van der Waals surface area (Å²) in [7, 11) is 2.29. The zero-order valence-corrected chi connectivity index (χ0v) is 10.7. The van der Waals surface area contributed by atoms with Crippen molar-refractivity contribution in [1.29, 1.82) is 0 Å². The Bertz CT molecular complexity index is 242. The Labute approximate surface area is 104 Å². The summed E-state index contributed by atoms with van der Waals surface area (Å²) in [5.41, 5.74) is 0. The minimum Gasteiger partial charge on any atom is -0.376 e. The zero-order chi connectivity index (χ0) is 11.7. The molecule has 4 heteroatoms. The summed E-state index contributed by atoms with van der Waals surface area (Å²) < 4.78 is 11.1. The number of rotatable bonds is 3. The predicted octanol–water partition coefficient (Wildman–Crippen LogP) is 0.617. The highest BCUT2D eigenvalue weighted by molar-refractivity contribution is 4.96. The van der Waals surface area contributed by atoms with Crippen LogP contribution in [0.2, 0.25) is 0 Å². The number of piperidine rings is 1. The fraction of sp³-hybridized carbons (Fsp3) is 1.00. The van der Waals surface area contributed by atoms with E-state index in [1.807, 2.05) is 0 Å². The second kappa shape index (κ2) is 5.22. The SMILES string of the molecule is CN1C2CCC1CC(NCC1COCCO1)C2. The maximum atomic E-state index is 5.66. The van der Waals surface area contributed by atoms with Crippen LogP contribution in [0, 0.1) is 0 Å². The molecule has 3 heterocycles. The van der Waals surface area contributed by atoms with Crippen LogP contribution >= 0.6 is 0 Å². The van der Waals surface area contributed by atoms with Crippen molar-refractivity contribution >= 4 is 0 Å². The van der Waals surface area contributed by atoms with Crippen LogP contribution in [0.15, 0.2) is 0 Å². The third-order valence-electron chi connectivity index (χ3n) is 4.62. The van der Waals surface area contributed by atoms with E-state index < -0.39 is 0 Å². The molecular formula is C13H24N2O2. The second-order valence-corrected chi connectivity index (χ2v) is 5.69. The lowest BCUT2D eigenvalue weighted by molar-refractivity contribution is -0.0876. The molecular weight excluding hydrogens is 216 g/mol. The van der Waals surface area contributed by atoms with Gasteiger partial charge in [0.1, 0.15) is 0 Å². The molecule has 3 fully saturated rings. The van der Waals surface area contributed by atoms with E-state index in [1.54, 1.807) is 0 Å². The molecule has 3 rings (SSSR count). The van der Waals surface area contributed by atoms with Gasteiger partial charge in [-0.2, -0.15) is 0 Å². The Kier molecular flexibility index (Phi) is 3.66. The lowest BCUT2D eigenvalue weighted by Gasteiger charge is -2.37. The van der Waals surface area contributed by atoms with E-state index >= 15 is 0 Å². The molecule has 3 unspecified atom stereocenters. The van der Waals surface area contributed by atoms with Gasteiger partial charge >= 0.3 is 0 Å². The Morgan fingerprint density at radius 1 is 1.18 bits per heavy atom. The van der Waals surface area contributed by atoms with Gasteiger partial charge in [0, 0.05) is 24.7 Å². The normalized spacial score (nSPS) is 42.9. The van der Waals surface area contributed by atoms with Crippen LogP contribution in [0.4, 0.5) is 0 Å². The van der Waals surface area contributed by atoms with Gasteiger partial charge in [0.15, 0.2) is 0 Å². The summed E-state index contributed by atoms with van der Waals surface area (Å²) in [6.45, 7) is 3.22. The fourth-order valence-corrected chi connectivity index (χ4v) is 3.53. The molecule has 17 heavy (non-hydrogen) atoms. The molecule has 3 saturated heterocycles. The number of nitrogens with zero attached hydrogens (tertiary/aromatic N) is 1. The Hall–Kier alpha value is -0.160. The van der Waals surface area contributed by atoms with E-state index in [0.29, 0.717) is 6.04 Å². The molecule has 0 aromatic rings. The molecule has 0 aromatic heterocycles. The van der Waals surface area contributed by atoms with Crippen molar-refractivity contribution < 1.29 is 9.47 Å². The van der Waals surface area contributed by atoms with Gasteiger partial charge in [0.2, 0.25) is 0 Å². The van der Waals surface area contributed by atoms with Crippen LogP contribution in [0.1, 0.15) is 25.7 Å². The minimum absolute atomic E-state index is 0.265. The Balaban J connectivity index is 1.44. The molecule has 0 saturated carbocycles. The number of ether oxygens (including phenoxy) is 2. The van der Waals surface area contributed by atoms with E-state index in [-0.39, 0.29) is 6.10 Å². The van der Waals surface area contributed by atoms with Gasteiger partial charge in [0.05, 0.1) is 25.9 Å². The van der Waals surface area contributed by atoms with Gasteiger partial charge in [-0.25, -0.2) is 0 Å². The van der Waals surface area contributed by atoms with Gasteiger partial charge in [-0.05, 0) is 32.7 Å². The molecule has 3 aliphatic rings. The van der Waals surface area contributed by atoms with Crippen LogP contribution in [-0.2, 0) is 9.47 Å². The number of fused-ring (bicyclic) bond motifs is 2. The average molecular weight is 240 g/mol. The topological polar surface area (TPSA) is 33.7 Å².